The molecule has 46 heavy (non-hydrogen) atoms. The molecule has 1 fully saturated rings. The highest BCUT2D eigenvalue weighted by Crippen LogP contribution is 2.42. The molecule has 0 radical (unpaired) electrons. The molecule has 1 heterocycles. The summed E-state index contributed by atoms with van der Waals surface area (Å²) >= 11 is 0. The second kappa shape index (κ2) is 14.5. The largest absolute Gasteiger partial charge is 0.384 e. The Balaban J connectivity index is 0.000000196. The highest BCUT2D eigenvalue weighted by atomic mass is 19.1. The average Bonchev–Trinajstić information content (AvgIpc) is 3.62. The van der Waals surface area contributed by atoms with Gasteiger partial charge in [0.25, 0.3) is 0 Å². The molecule has 5 heteroatoms. The number of aliphatic hydroxyl groups is 1. The fourth-order valence-electron chi connectivity index (χ4n) is 6.60. The first-order valence-corrected chi connectivity index (χ1v) is 16.0. The third-order valence-electron chi connectivity index (χ3n) is 8.96. The lowest BCUT2D eigenvalue weighted by atomic mass is 9.76. The first-order chi connectivity index (χ1) is 22.6. The molecule has 0 bridgehead atoms. The Labute approximate surface area is 269 Å². The van der Waals surface area contributed by atoms with Crippen LogP contribution >= 0.6 is 0 Å². The Hall–Kier alpha value is -4.87. The summed E-state index contributed by atoms with van der Waals surface area (Å²) in [6, 6.07) is 43.6. The lowest BCUT2D eigenvalue weighted by Crippen LogP contribution is -2.37. The fraction of sp³-hybridized carbons (Fsp3) is 0.195. The maximum Gasteiger partial charge on any atom is 0.123 e. The van der Waals surface area contributed by atoms with Gasteiger partial charge in [-0.2, -0.15) is 0 Å². The molecular formula is C41H38F2N2O. The van der Waals surface area contributed by atoms with Crippen molar-refractivity contribution in [3.05, 3.63) is 197 Å². The predicted molar refractivity (Wildman–Crippen MR) is 180 cm³/mol. The smallest absolute Gasteiger partial charge is 0.123 e. The normalized spacial score (nSPS) is 13.7. The molecule has 1 aliphatic rings. The molecule has 6 aromatic rings. The van der Waals surface area contributed by atoms with Crippen LogP contribution in [0, 0.1) is 11.6 Å². The summed E-state index contributed by atoms with van der Waals surface area (Å²) in [6.07, 6.45) is 10.0. The van der Waals surface area contributed by atoms with Crippen LogP contribution in [0.2, 0.25) is 0 Å². The molecule has 1 aromatic heterocycles. The Morgan fingerprint density at radius 3 is 1.41 bits per heavy atom. The number of aliphatic hydroxyl groups excluding tert-OH is 1. The van der Waals surface area contributed by atoms with Gasteiger partial charge < -0.3 is 9.67 Å². The van der Waals surface area contributed by atoms with E-state index in [1.165, 1.54) is 103 Å². The van der Waals surface area contributed by atoms with Gasteiger partial charge in [-0.3, -0.25) is 0 Å². The van der Waals surface area contributed by atoms with Crippen molar-refractivity contribution in [1.29, 1.82) is 0 Å². The summed E-state index contributed by atoms with van der Waals surface area (Å²) in [6.45, 7) is 0. The predicted octanol–water partition coefficient (Wildman–Crippen LogP) is 9.82. The zero-order valence-corrected chi connectivity index (χ0v) is 25.7. The van der Waals surface area contributed by atoms with Gasteiger partial charge in [0, 0.05) is 12.1 Å². The number of benzene rings is 5. The van der Waals surface area contributed by atoms with Gasteiger partial charge in [-0.25, -0.2) is 13.8 Å². The number of hydrogen-bond donors (Lipinski definition) is 1. The molecule has 0 atom stereocenters. The van der Waals surface area contributed by atoms with Crippen molar-refractivity contribution in [1.82, 2.24) is 9.55 Å². The molecule has 0 aliphatic heterocycles. The summed E-state index contributed by atoms with van der Waals surface area (Å²) in [5, 5.41) is 9.93. The van der Waals surface area contributed by atoms with E-state index in [9.17, 15) is 13.9 Å². The number of halogens is 2. The van der Waals surface area contributed by atoms with Crippen LogP contribution in [0.5, 0.6) is 0 Å². The summed E-state index contributed by atoms with van der Waals surface area (Å²) in [5.74, 6) is -0.120. The Bertz CT molecular complexity index is 1640. The topological polar surface area (TPSA) is 38.0 Å². The summed E-state index contributed by atoms with van der Waals surface area (Å²) in [7, 11) is 0. The Morgan fingerprint density at radius 1 is 0.587 bits per heavy atom. The SMILES string of the molecule is OC(c1ccc(F)cc1)c1ccc(F)cc1.c1ccc(C(c2ccccc2)(c2ccccc2)n2cnc(C3CCCCC3)c2)cc1. The zero-order chi connectivity index (χ0) is 31.8. The number of rotatable bonds is 7. The molecule has 0 saturated heterocycles. The van der Waals surface area contributed by atoms with Crippen LogP contribution in [0.1, 0.15) is 77.6 Å². The molecule has 0 amide bonds. The summed E-state index contributed by atoms with van der Waals surface area (Å²) in [5.41, 5.74) is 5.67. The molecule has 0 unspecified atom stereocenters. The molecule has 3 nitrogen and oxygen atoms in total. The van der Waals surface area contributed by atoms with Crippen molar-refractivity contribution in [2.24, 2.45) is 0 Å². The van der Waals surface area contributed by atoms with Gasteiger partial charge in [0.2, 0.25) is 0 Å². The average molecular weight is 613 g/mol. The molecule has 232 valence electrons. The Morgan fingerprint density at radius 2 is 1.00 bits per heavy atom. The maximum absolute atomic E-state index is 12.7. The molecule has 0 spiro atoms. The lowest BCUT2D eigenvalue weighted by molar-refractivity contribution is 0.220. The van der Waals surface area contributed by atoms with E-state index in [2.05, 4.69) is 108 Å². The minimum absolute atomic E-state index is 0.352. The van der Waals surface area contributed by atoms with Crippen LogP contribution in [0.25, 0.3) is 0 Å². The van der Waals surface area contributed by atoms with Gasteiger partial charge in [0.1, 0.15) is 23.3 Å². The monoisotopic (exact) mass is 612 g/mol. The maximum atomic E-state index is 12.7. The van der Waals surface area contributed by atoms with Crippen molar-refractivity contribution in [3.8, 4) is 0 Å². The number of imidazole rings is 1. The van der Waals surface area contributed by atoms with Gasteiger partial charge in [-0.1, -0.05) is 135 Å². The van der Waals surface area contributed by atoms with Crippen molar-refractivity contribution in [3.63, 3.8) is 0 Å². The van der Waals surface area contributed by atoms with Gasteiger partial charge >= 0.3 is 0 Å². The first-order valence-electron chi connectivity index (χ1n) is 16.0. The van der Waals surface area contributed by atoms with Crippen LogP contribution in [-0.2, 0) is 5.54 Å². The van der Waals surface area contributed by atoms with Crippen molar-refractivity contribution in [2.75, 3.05) is 0 Å². The second-order valence-corrected chi connectivity index (χ2v) is 11.9. The molecule has 1 aliphatic carbocycles. The minimum atomic E-state index is -0.860. The van der Waals surface area contributed by atoms with E-state index in [1.807, 2.05) is 0 Å². The van der Waals surface area contributed by atoms with E-state index in [0.717, 1.165) is 0 Å². The van der Waals surface area contributed by atoms with Crippen LogP contribution in [0.4, 0.5) is 8.78 Å². The van der Waals surface area contributed by atoms with Crippen molar-refractivity contribution < 1.29 is 13.9 Å². The van der Waals surface area contributed by atoms with Crippen molar-refractivity contribution >= 4 is 0 Å². The molecule has 7 rings (SSSR count). The van der Waals surface area contributed by atoms with E-state index in [1.54, 1.807) is 0 Å². The van der Waals surface area contributed by atoms with Gasteiger partial charge in [0.05, 0.1) is 12.0 Å². The molecular weight excluding hydrogens is 574 g/mol. The highest BCUT2D eigenvalue weighted by molar-refractivity contribution is 5.50. The van der Waals surface area contributed by atoms with Crippen LogP contribution in [0.3, 0.4) is 0 Å². The molecule has 1 saturated carbocycles. The van der Waals surface area contributed by atoms with Crippen LogP contribution < -0.4 is 0 Å². The molecule has 1 N–H and O–H groups in total. The third kappa shape index (κ3) is 6.70. The van der Waals surface area contributed by atoms with Gasteiger partial charge in [-0.15, -0.1) is 0 Å². The minimum Gasteiger partial charge on any atom is -0.384 e. The first kappa shape index (κ1) is 31.1. The number of hydrogen-bond acceptors (Lipinski definition) is 2. The van der Waals surface area contributed by atoms with Crippen molar-refractivity contribution in [2.45, 2.75) is 49.7 Å². The fourth-order valence-corrected chi connectivity index (χ4v) is 6.60. The zero-order valence-electron chi connectivity index (χ0n) is 25.7. The highest BCUT2D eigenvalue weighted by Gasteiger charge is 2.38. The van der Waals surface area contributed by atoms with E-state index < -0.39 is 11.6 Å². The van der Waals surface area contributed by atoms with Gasteiger partial charge in [-0.05, 0) is 64.9 Å². The van der Waals surface area contributed by atoms with E-state index >= 15 is 0 Å². The third-order valence-corrected chi connectivity index (χ3v) is 8.96. The second-order valence-electron chi connectivity index (χ2n) is 11.9. The van der Waals surface area contributed by atoms with Crippen LogP contribution in [0.15, 0.2) is 152 Å². The molecule has 5 aromatic carbocycles. The van der Waals surface area contributed by atoms with E-state index in [-0.39, 0.29) is 11.6 Å². The van der Waals surface area contributed by atoms with E-state index in [0.29, 0.717) is 17.0 Å². The van der Waals surface area contributed by atoms with Gasteiger partial charge in [0.15, 0.2) is 0 Å². The Kier molecular flexibility index (Phi) is 9.80. The standard InChI is InChI=1S/C28H28N2.C13H10F2O/c1-5-13-23(14-6-1)27-21-30(22-29-27)28(24-15-7-2-8-16-24,25-17-9-3-10-18-25)26-19-11-4-12-20-26;14-11-5-1-9(2-6-11)13(16)10-3-7-12(15)8-4-10/h2-4,7-12,15-23H,1,5-6,13-14H2;1-8,13,16H. The lowest BCUT2D eigenvalue weighted by Gasteiger charge is -2.37. The van der Waals surface area contributed by atoms with Crippen LogP contribution in [-0.4, -0.2) is 14.7 Å². The van der Waals surface area contributed by atoms with E-state index in [4.69, 9.17) is 4.98 Å². The summed E-state index contributed by atoms with van der Waals surface area (Å²) < 4.78 is 27.7. The quantitative estimate of drug-likeness (QED) is 0.182. The summed E-state index contributed by atoms with van der Waals surface area (Å²) in [4.78, 5) is 4.95. The number of aromatic nitrogens is 2. The number of nitrogens with zero attached hydrogens (tertiary/aromatic N) is 2.